The molecule has 8 heteroatoms. The van der Waals surface area contributed by atoms with Gasteiger partial charge in [0.05, 0.1) is 0 Å². The molecular weight excluding hydrogens is 300 g/mol. The van der Waals surface area contributed by atoms with Crippen LogP contribution in [0.25, 0.3) is 0 Å². The molecular formula is C11H12N4OS3. The molecule has 0 aliphatic carbocycles. The highest BCUT2D eigenvalue weighted by molar-refractivity contribution is 8.03. The van der Waals surface area contributed by atoms with Gasteiger partial charge in [-0.15, -0.1) is 10.2 Å². The molecule has 2 rings (SSSR count). The van der Waals surface area contributed by atoms with Gasteiger partial charge in [0.25, 0.3) is 0 Å². The molecule has 0 saturated carbocycles. The molecule has 1 aromatic carbocycles. The Hall–Kier alpha value is -1.25. The van der Waals surface area contributed by atoms with E-state index in [-0.39, 0.29) is 5.84 Å². The van der Waals surface area contributed by atoms with Crippen molar-refractivity contribution in [2.45, 2.75) is 20.5 Å². The number of aryl methyl sites for hydroxylation is 1. The van der Waals surface area contributed by atoms with E-state index in [1.807, 2.05) is 31.4 Å². The van der Waals surface area contributed by atoms with Crippen LogP contribution >= 0.6 is 34.9 Å². The van der Waals surface area contributed by atoms with E-state index in [9.17, 15) is 0 Å². The Morgan fingerprint density at radius 1 is 1.37 bits per heavy atom. The van der Waals surface area contributed by atoms with E-state index >= 15 is 0 Å². The molecule has 5 nitrogen and oxygen atoms in total. The van der Waals surface area contributed by atoms with E-state index in [0.717, 1.165) is 19.1 Å². The minimum atomic E-state index is 0.0980. The third-order valence-electron chi connectivity index (χ3n) is 2.28. The molecule has 1 heterocycles. The molecule has 3 N–H and O–H groups in total. The SMILES string of the molecule is CSc1nnc(Sc2ccc(C)cc2/C(N)=N/O)s1. The first-order valence-electron chi connectivity index (χ1n) is 5.28. The average molecular weight is 312 g/mol. The predicted octanol–water partition coefficient (Wildman–Crippen LogP) is 2.81. The van der Waals surface area contributed by atoms with E-state index in [0.29, 0.717) is 5.56 Å². The van der Waals surface area contributed by atoms with Crippen LogP contribution in [0, 0.1) is 6.92 Å². The smallest absolute Gasteiger partial charge is 0.179 e. The van der Waals surface area contributed by atoms with Gasteiger partial charge < -0.3 is 10.9 Å². The molecule has 0 fully saturated rings. The topological polar surface area (TPSA) is 84.4 Å². The lowest BCUT2D eigenvalue weighted by Crippen LogP contribution is -2.14. The van der Waals surface area contributed by atoms with E-state index in [2.05, 4.69) is 15.4 Å². The summed E-state index contributed by atoms with van der Waals surface area (Å²) < 4.78 is 1.75. The number of thioether (sulfide) groups is 1. The van der Waals surface area contributed by atoms with Crippen molar-refractivity contribution in [2.24, 2.45) is 10.9 Å². The van der Waals surface area contributed by atoms with Crippen LogP contribution in [-0.4, -0.2) is 27.5 Å². The second-order valence-electron chi connectivity index (χ2n) is 3.62. The summed E-state index contributed by atoms with van der Waals surface area (Å²) in [6.45, 7) is 1.96. The van der Waals surface area contributed by atoms with Gasteiger partial charge >= 0.3 is 0 Å². The van der Waals surface area contributed by atoms with Crippen LogP contribution in [0.2, 0.25) is 0 Å². The number of hydrogen-bond acceptors (Lipinski definition) is 7. The quantitative estimate of drug-likeness (QED) is 0.297. The predicted molar refractivity (Wildman–Crippen MR) is 79.5 cm³/mol. The fraction of sp³-hybridized carbons (Fsp3) is 0.182. The Morgan fingerprint density at radius 3 is 2.74 bits per heavy atom. The fourth-order valence-electron chi connectivity index (χ4n) is 1.40. The minimum absolute atomic E-state index is 0.0980. The molecule has 0 spiro atoms. The summed E-state index contributed by atoms with van der Waals surface area (Å²) in [6, 6.07) is 5.80. The maximum absolute atomic E-state index is 8.84. The number of benzene rings is 1. The van der Waals surface area contributed by atoms with Crippen LogP contribution in [0.5, 0.6) is 0 Å². The van der Waals surface area contributed by atoms with Gasteiger partial charge in [-0.05, 0) is 25.3 Å². The Morgan fingerprint density at radius 2 is 2.11 bits per heavy atom. The third-order valence-corrected chi connectivity index (χ3v) is 5.30. The van der Waals surface area contributed by atoms with Crippen molar-refractivity contribution in [2.75, 3.05) is 6.26 Å². The molecule has 19 heavy (non-hydrogen) atoms. The van der Waals surface area contributed by atoms with E-state index in [4.69, 9.17) is 10.9 Å². The summed E-state index contributed by atoms with van der Waals surface area (Å²) >= 11 is 4.54. The number of hydrogen-bond donors (Lipinski definition) is 2. The molecule has 0 saturated heterocycles. The van der Waals surface area contributed by atoms with Crippen molar-refractivity contribution in [3.8, 4) is 0 Å². The molecule has 100 valence electrons. The number of nitrogens with zero attached hydrogens (tertiary/aromatic N) is 3. The van der Waals surface area contributed by atoms with E-state index in [1.165, 1.54) is 23.1 Å². The molecule has 0 aliphatic heterocycles. The first-order valence-corrected chi connectivity index (χ1v) is 8.13. The Kier molecular flexibility index (Phi) is 4.67. The maximum atomic E-state index is 8.84. The van der Waals surface area contributed by atoms with Crippen molar-refractivity contribution in [3.05, 3.63) is 29.3 Å². The number of nitrogens with two attached hydrogens (primary N) is 1. The third kappa shape index (κ3) is 3.40. The monoisotopic (exact) mass is 312 g/mol. The zero-order valence-corrected chi connectivity index (χ0v) is 12.8. The van der Waals surface area contributed by atoms with Gasteiger partial charge in [-0.1, -0.05) is 51.6 Å². The fourth-order valence-corrected chi connectivity index (χ4v) is 3.92. The van der Waals surface area contributed by atoms with Gasteiger partial charge in [0.2, 0.25) is 0 Å². The number of rotatable bonds is 4. The lowest BCUT2D eigenvalue weighted by Gasteiger charge is -2.07. The molecule has 0 aliphatic rings. The van der Waals surface area contributed by atoms with Crippen LogP contribution < -0.4 is 5.73 Å². The zero-order chi connectivity index (χ0) is 13.8. The van der Waals surface area contributed by atoms with Crippen molar-refractivity contribution >= 4 is 40.7 Å². The van der Waals surface area contributed by atoms with Gasteiger partial charge in [-0.3, -0.25) is 0 Å². The van der Waals surface area contributed by atoms with Gasteiger partial charge in [-0.2, -0.15) is 0 Å². The number of oxime groups is 1. The molecule has 0 atom stereocenters. The van der Waals surface area contributed by atoms with Crippen LogP contribution in [0.4, 0.5) is 0 Å². The largest absolute Gasteiger partial charge is 0.409 e. The highest BCUT2D eigenvalue weighted by Crippen LogP contribution is 2.34. The highest BCUT2D eigenvalue weighted by Gasteiger charge is 2.12. The molecule has 0 unspecified atom stereocenters. The van der Waals surface area contributed by atoms with Crippen LogP contribution in [-0.2, 0) is 0 Å². The summed E-state index contributed by atoms with van der Waals surface area (Å²) in [6.07, 6.45) is 1.96. The van der Waals surface area contributed by atoms with Crippen LogP contribution in [0.3, 0.4) is 0 Å². The first kappa shape index (κ1) is 14.2. The molecule has 2 aromatic rings. The summed E-state index contributed by atoms with van der Waals surface area (Å²) in [5.41, 5.74) is 7.45. The molecule has 0 radical (unpaired) electrons. The van der Waals surface area contributed by atoms with Gasteiger partial charge in [0.15, 0.2) is 14.5 Å². The van der Waals surface area contributed by atoms with Crippen molar-refractivity contribution < 1.29 is 5.21 Å². The maximum Gasteiger partial charge on any atom is 0.179 e. The second kappa shape index (κ2) is 6.27. The Bertz CT molecular complexity index is 612. The summed E-state index contributed by atoms with van der Waals surface area (Å²) in [7, 11) is 0. The van der Waals surface area contributed by atoms with E-state index in [1.54, 1.807) is 11.8 Å². The van der Waals surface area contributed by atoms with Gasteiger partial charge in [0.1, 0.15) is 0 Å². The summed E-state index contributed by atoms with van der Waals surface area (Å²) in [5.74, 6) is 0.0980. The number of amidine groups is 1. The zero-order valence-electron chi connectivity index (χ0n) is 10.3. The van der Waals surface area contributed by atoms with Crippen molar-refractivity contribution in [3.63, 3.8) is 0 Å². The molecule has 0 amide bonds. The second-order valence-corrected chi connectivity index (χ2v) is 6.94. The van der Waals surface area contributed by atoms with E-state index < -0.39 is 0 Å². The molecule has 1 aromatic heterocycles. The average Bonchev–Trinajstić information content (AvgIpc) is 2.87. The summed E-state index contributed by atoms with van der Waals surface area (Å²) in [5, 5.41) is 20.0. The van der Waals surface area contributed by atoms with Gasteiger partial charge in [-0.25, -0.2) is 0 Å². The highest BCUT2D eigenvalue weighted by atomic mass is 32.2. The lowest BCUT2D eigenvalue weighted by molar-refractivity contribution is 0.318. The normalized spacial score (nSPS) is 11.8. The van der Waals surface area contributed by atoms with Crippen molar-refractivity contribution in [1.82, 2.24) is 10.2 Å². The Labute approximate surface area is 123 Å². The summed E-state index contributed by atoms with van der Waals surface area (Å²) in [4.78, 5) is 0.893. The lowest BCUT2D eigenvalue weighted by atomic mass is 10.1. The standard InChI is InChI=1S/C11H12N4OS3/c1-6-3-4-8(7(5-6)9(12)15-16)18-11-14-13-10(17-2)19-11/h3-5,16H,1-2H3,(H2,12,15). The minimum Gasteiger partial charge on any atom is -0.409 e. The Balaban J connectivity index is 2.34. The number of aromatic nitrogens is 2. The van der Waals surface area contributed by atoms with Crippen molar-refractivity contribution in [1.29, 1.82) is 0 Å². The molecule has 0 bridgehead atoms. The van der Waals surface area contributed by atoms with Gasteiger partial charge in [0, 0.05) is 10.5 Å². The van der Waals surface area contributed by atoms with Crippen LogP contribution in [0.15, 0.2) is 36.9 Å². The van der Waals surface area contributed by atoms with Crippen LogP contribution in [0.1, 0.15) is 11.1 Å². The first-order chi connectivity index (χ1) is 9.13.